The van der Waals surface area contributed by atoms with Gasteiger partial charge >= 0.3 is 17.9 Å². The van der Waals surface area contributed by atoms with Gasteiger partial charge in [-0.2, -0.15) is 0 Å². The number of carboxylic acids is 3. The standard InChI is InChI=1S/C5H6O4.C3H4O2/c6-4(7)2-1-3-5(8)9;1-2-3(4)5/h1-2H,3H2,(H,6,7)(H,8,9);2H,1H2,(H,4,5). The molecule has 0 saturated carbocycles. The van der Waals surface area contributed by atoms with Gasteiger partial charge in [-0.3, -0.25) is 4.79 Å². The van der Waals surface area contributed by atoms with E-state index in [0.717, 1.165) is 18.2 Å². The van der Waals surface area contributed by atoms with Crippen LogP contribution in [0.4, 0.5) is 0 Å². The van der Waals surface area contributed by atoms with Crippen LogP contribution in [0, 0.1) is 0 Å². The predicted molar refractivity (Wildman–Crippen MR) is 46.9 cm³/mol. The lowest BCUT2D eigenvalue weighted by Gasteiger charge is -1.79. The Bertz CT molecular complexity index is 253. The molecule has 0 aromatic rings. The van der Waals surface area contributed by atoms with E-state index in [1.165, 1.54) is 0 Å². The van der Waals surface area contributed by atoms with Crippen LogP contribution in [-0.4, -0.2) is 33.2 Å². The summed E-state index contributed by atoms with van der Waals surface area (Å²) < 4.78 is 0. The van der Waals surface area contributed by atoms with Crippen LogP contribution in [0.1, 0.15) is 6.42 Å². The number of hydrogen-bond donors (Lipinski definition) is 3. The monoisotopic (exact) mass is 202 g/mol. The van der Waals surface area contributed by atoms with Crippen LogP contribution >= 0.6 is 0 Å². The summed E-state index contributed by atoms with van der Waals surface area (Å²) in [6.45, 7) is 2.96. The maximum absolute atomic E-state index is 9.74. The summed E-state index contributed by atoms with van der Waals surface area (Å²) in [6.07, 6.45) is 2.46. The number of rotatable bonds is 4. The lowest BCUT2D eigenvalue weighted by molar-refractivity contribution is -0.136. The molecule has 78 valence electrons. The molecule has 3 N–H and O–H groups in total. The topological polar surface area (TPSA) is 112 Å². The average Bonchev–Trinajstić information content (AvgIpc) is 2.04. The Hall–Kier alpha value is -2.11. The first kappa shape index (κ1) is 14.4. The third-order valence-corrected chi connectivity index (χ3v) is 0.728. The smallest absolute Gasteiger partial charge is 0.327 e. The molecule has 0 atom stereocenters. The zero-order chi connectivity index (χ0) is 11.6. The maximum Gasteiger partial charge on any atom is 0.327 e. The molecule has 6 nitrogen and oxygen atoms in total. The van der Waals surface area contributed by atoms with Gasteiger partial charge in [0, 0.05) is 12.2 Å². The molecule has 0 bridgehead atoms. The Morgan fingerprint density at radius 1 is 1.07 bits per heavy atom. The largest absolute Gasteiger partial charge is 0.481 e. The van der Waals surface area contributed by atoms with E-state index in [2.05, 4.69) is 6.58 Å². The molecule has 0 radical (unpaired) electrons. The normalized spacial score (nSPS) is 8.57. The summed E-state index contributed by atoms with van der Waals surface area (Å²) in [6, 6.07) is 0. The molecule has 0 aliphatic heterocycles. The van der Waals surface area contributed by atoms with Crippen LogP contribution in [0.5, 0.6) is 0 Å². The van der Waals surface area contributed by atoms with Crippen molar-refractivity contribution in [3.05, 3.63) is 24.8 Å². The van der Waals surface area contributed by atoms with E-state index in [4.69, 9.17) is 15.3 Å². The fourth-order valence-electron chi connectivity index (χ4n) is 0.261. The predicted octanol–water partition coefficient (Wildman–Crippen LogP) is 0.359. The van der Waals surface area contributed by atoms with E-state index in [1.54, 1.807) is 0 Å². The van der Waals surface area contributed by atoms with Crippen molar-refractivity contribution in [2.24, 2.45) is 0 Å². The third-order valence-electron chi connectivity index (χ3n) is 0.728. The molecule has 0 aliphatic carbocycles. The molecule has 0 aromatic carbocycles. The van der Waals surface area contributed by atoms with Gasteiger partial charge in [-0.1, -0.05) is 12.7 Å². The molecular weight excluding hydrogens is 192 g/mol. The summed E-state index contributed by atoms with van der Waals surface area (Å²) in [5, 5.41) is 23.5. The Labute approximate surface area is 79.8 Å². The van der Waals surface area contributed by atoms with Gasteiger partial charge < -0.3 is 15.3 Å². The highest BCUT2D eigenvalue weighted by Gasteiger charge is 1.90. The summed E-state index contributed by atoms with van der Waals surface area (Å²) in [4.78, 5) is 28.7. The summed E-state index contributed by atoms with van der Waals surface area (Å²) in [5.41, 5.74) is 0. The van der Waals surface area contributed by atoms with Crippen LogP contribution in [-0.2, 0) is 14.4 Å². The van der Waals surface area contributed by atoms with Gasteiger partial charge in [0.05, 0.1) is 6.42 Å². The molecule has 6 heteroatoms. The fourth-order valence-corrected chi connectivity index (χ4v) is 0.261. The zero-order valence-corrected chi connectivity index (χ0v) is 7.21. The van der Waals surface area contributed by atoms with Gasteiger partial charge in [-0.25, -0.2) is 9.59 Å². The number of aliphatic carboxylic acids is 3. The van der Waals surface area contributed by atoms with Gasteiger partial charge in [-0.05, 0) is 0 Å². The first-order chi connectivity index (χ1) is 6.40. The van der Waals surface area contributed by atoms with Crippen LogP contribution in [0.25, 0.3) is 0 Å². The fraction of sp³-hybridized carbons (Fsp3) is 0.125. The highest BCUT2D eigenvalue weighted by molar-refractivity contribution is 5.81. The molecule has 0 amide bonds. The molecule has 0 heterocycles. The van der Waals surface area contributed by atoms with Gasteiger partial charge in [0.2, 0.25) is 0 Å². The summed E-state index contributed by atoms with van der Waals surface area (Å²) in [7, 11) is 0. The minimum absolute atomic E-state index is 0.244. The molecule has 0 aromatic heterocycles. The quantitative estimate of drug-likeness (QED) is 0.567. The second-order valence-corrected chi connectivity index (χ2v) is 1.88. The van der Waals surface area contributed by atoms with Gasteiger partial charge in [0.25, 0.3) is 0 Å². The van der Waals surface area contributed by atoms with Crippen molar-refractivity contribution in [1.29, 1.82) is 0 Å². The van der Waals surface area contributed by atoms with Crippen LogP contribution in [0.15, 0.2) is 24.8 Å². The second-order valence-electron chi connectivity index (χ2n) is 1.88. The minimum atomic E-state index is -1.13. The van der Waals surface area contributed by atoms with Crippen molar-refractivity contribution in [1.82, 2.24) is 0 Å². The van der Waals surface area contributed by atoms with Crippen molar-refractivity contribution in [2.75, 3.05) is 0 Å². The van der Waals surface area contributed by atoms with E-state index in [9.17, 15) is 14.4 Å². The third kappa shape index (κ3) is 22.5. The molecule has 0 saturated heterocycles. The number of carboxylic acid groups (broad SMARTS) is 3. The van der Waals surface area contributed by atoms with Crippen LogP contribution in [0.3, 0.4) is 0 Å². The van der Waals surface area contributed by atoms with Crippen molar-refractivity contribution in [3.63, 3.8) is 0 Å². The lowest BCUT2D eigenvalue weighted by atomic mass is 10.4. The molecule has 14 heavy (non-hydrogen) atoms. The van der Waals surface area contributed by atoms with E-state index in [0.29, 0.717) is 0 Å². The summed E-state index contributed by atoms with van der Waals surface area (Å²) >= 11 is 0. The molecule has 0 unspecified atom stereocenters. The maximum atomic E-state index is 9.74. The van der Waals surface area contributed by atoms with Gasteiger partial charge in [0.15, 0.2) is 0 Å². The minimum Gasteiger partial charge on any atom is -0.481 e. The number of carbonyl (C=O) groups is 3. The van der Waals surface area contributed by atoms with Gasteiger partial charge in [0.1, 0.15) is 0 Å². The second kappa shape index (κ2) is 8.98. The highest BCUT2D eigenvalue weighted by Crippen LogP contribution is 1.81. The van der Waals surface area contributed by atoms with E-state index in [1.807, 2.05) is 0 Å². The molecule has 0 fully saturated rings. The Morgan fingerprint density at radius 2 is 1.50 bits per heavy atom. The Kier molecular flexibility index (Phi) is 9.25. The Balaban J connectivity index is 0. The van der Waals surface area contributed by atoms with Crippen molar-refractivity contribution in [3.8, 4) is 0 Å². The molecule has 0 spiro atoms. The van der Waals surface area contributed by atoms with Crippen molar-refractivity contribution in [2.45, 2.75) is 6.42 Å². The van der Waals surface area contributed by atoms with E-state index < -0.39 is 17.9 Å². The van der Waals surface area contributed by atoms with E-state index in [-0.39, 0.29) is 6.42 Å². The zero-order valence-electron chi connectivity index (χ0n) is 7.21. The lowest BCUT2D eigenvalue weighted by Crippen LogP contribution is -1.92. The highest BCUT2D eigenvalue weighted by atomic mass is 16.4. The van der Waals surface area contributed by atoms with Crippen molar-refractivity contribution >= 4 is 17.9 Å². The molecule has 0 rings (SSSR count). The van der Waals surface area contributed by atoms with E-state index >= 15 is 0 Å². The van der Waals surface area contributed by atoms with Crippen molar-refractivity contribution < 1.29 is 29.7 Å². The van der Waals surface area contributed by atoms with Crippen LogP contribution < -0.4 is 0 Å². The first-order valence-electron chi connectivity index (χ1n) is 3.36. The summed E-state index contributed by atoms with van der Waals surface area (Å²) in [5.74, 6) is -3.14. The number of hydrogen-bond acceptors (Lipinski definition) is 3. The molecular formula is C8H10O6. The molecule has 0 aliphatic rings. The SMILES string of the molecule is C=CC(=O)O.O=C(O)C=CCC(=O)O. The van der Waals surface area contributed by atoms with Crippen LogP contribution in [0.2, 0.25) is 0 Å². The Morgan fingerprint density at radius 3 is 1.71 bits per heavy atom. The average molecular weight is 202 g/mol. The first-order valence-corrected chi connectivity index (χ1v) is 3.36. The van der Waals surface area contributed by atoms with Gasteiger partial charge in [-0.15, -0.1) is 0 Å².